The minimum atomic E-state index is -0.204. The lowest BCUT2D eigenvalue weighted by molar-refractivity contribution is -0.138. The highest BCUT2D eigenvalue weighted by Gasteiger charge is 2.34. The molecule has 2 aromatic carbocycles. The molecular weight excluding hydrogens is 376 g/mol. The quantitative estimate of drug-likeness (QED) is 0.655. The van der Waals surface area contributed by atoms with Crippen LogP contribution in [0.25, 0.3) is 17.1 Å². The van der Waals surface area contributed by atoms with Crippen LogP contribution in [0.2, 0.25) is 0 Å². The molecule has 0 saturated carbocycles. The summed E-state index contributed by atoms with van der Waals surface area (Å²) >= 11 is 0. The van der Waals surface area contributed by atoms with Crippen molar-refractivity contribution in [3.05, 3.63) is 72.6 Å². The fourth-order valence-electron chi connectivity index (χ4n) is 4.04. The molecule has 0 N–H and O–H groups in total. The number of aromatic nitrogens is 2. The number of amides is 2. The minimum Gasteiger partial charge on any atom is -0.337 e. The first kappa shape index (κ1) is 19.9. The van der Waals surface area contributed by atoms with Crippen molar-refractivity contribution in [3.8, 4) is 17.1 Å². The standard InChI is InChI=1S/C24H26N4O2/c1-3-19-15-26(17-22(29)27(19)4-2)24(30)21-16-28(20-13-9-6-10-14-20)23(25-21)18-11-7-5-8-12-18/h5-14,16,19H,3-4,15,17H2,1-2H3/t19-/m0/s1. The number of hydrogen-bond donors (Lipinski definition) is 0. The number of rotatable bonds is 5. The van der Waals surface area contributed by atoms with Gasteiger partial charge in [0.2, 0.25) is 5.91 Å². The number of hydrogen-bond acceptors (Lipinski definition) is 3. The maximum Gasteiger partial charge on any atom is 0.274 e. The molecule has 1 aliphatic rings. The van der Waals surface area contributed by atoms with Crippen molar-refractivity contribution in [2.75, 3.05) is 19.6 Å². The molecule has 2 amide bonds. The second-order valence-electron chi connectivity index (χ2n) is 7.45. The molecule has 0 bridgehead atoms. The fourth-order valence-corrected chi connectivity index (χ4v) is 4.04. The first-order chi connectivity index (χ1) is 14.6. The molecule has 1 atom stereocenters. The van der Waals surface area contributed by atoms with Gasteiger partial charge in [-0.15, -0.1) is 0 Å². The summed E-state index contributed by atoms with van der Waals surface area (Å²) in [5, 5.41) is 0. The smallest absolute Gasteiger partial charge is 0.274 e. The van der Waals surface area contributed by atoms with Crippen molar-refractivity contribution in [1.82, 2.24) is 19.4 Å². The van der Waals surface area contributed by atoms with Crippen molar-refractivity contribution < 1.29 is 9.59 Å². The maximum absolute atomic E-state index is 13.3. The molecule has 4 rings (SSSR count). The third-order valence-corrected chi connectivity index (χ3v) is 5.61. The van der Waals surface area contributed by atoms with E-state index in [9.17, 15) is 9.59 Å². The molecule has 1 saturated heterocycles. The first-order valence-corrected chi connectivity index (χ1v) is 10.4. The van der Waals surface area contributed by atoms with E-state index < -0.39 is 0 Å². The van der Waals surface area contributed by atoms with Gasteiger partial charge in [0.1, 0.15) is 18.1 Å². The second kappa shape index (κ2) is 8.53. The predicted octanol–water partition coefficient (Wildman–Crippen LogP) is 3.62. The van der Waals surface area contributed by atoms with Crippen LogP contribution in [0.15, 0.2) is 66.9 Å². The lowest BCUT2D eigenvalue weighted by Crippen LogP contribution is -2.57. The Balaban J connectivity index is 1.70. The molecule has 1 aliphatic heterocycles. The van der Waals surface area contributed by atoms with Crippen molar-refractivity contribution in [2.45, 2.75) is 26.3 Å². The fraction of sp³-hybridized carbons (Fsp3) is 0.292. The number of imidazole rings is 1. The van der Waals surface area contributed by atoms with E-state index in [1.54, 1.807) is 11.1 Å². The summed E-state index contributed by atoms with van der Waals surface area (Å²) in [6.07, 6.45) is 2.59. The van der Waals surface area contributed by atoms with Crippen LogP contribution in [0.1, 0.15) is 30.8 Å². The highest BCUT2D eigenvalue weighted by molar-refractivity contribution is 5.96. The van der Waals surface area contributed by atoms with Gasteiger partial charge < -0.3 is 9.80 Å². The summed E-state index contributed by atoms with van der Waals surface area (Å²) in [4.78, 5) is 34.1. The number of likely N-dealkylation sites (N-methyl/N-ethyl adjacent to an activating group) is 1. The molecule has 0 aliphatic carbocycles. The van der Waals surface area contributed by atoms with Gasteiger partial charge in [-0.05, 0) is 25.5 Å². The summed E-state index contributed by atoms with van der Waals surface area (Å²) in [6.45, 7) is 5.33. The SMILES string of the molecule is CC[C@H]1CN(C(=O)c2cn(-c3ccccc3)c(-c3ccccc3)n2)CC(=O)N1CC. The number of carbonyl (C=O) groups is 2. The molecule has 0 spiro atoms. The Morgan fingerprint density at radius 1 is 1.03 bits per heavy atom. The van der Waals surface area contributed by atoms with E-state index >= 15 is 0 Å². The van der Waals surface area contributed by atoms with E-state index in [0.717, 1.165) is 17.7 Å². The van der Waals surface area contributed by atoms with E-state index in [4.69, 9.17) is 4.98 Å². The molecule has 154 valence electrons. The van der Waals surface area contributed by atoms with Gasteiger partial charge in [-0.3, -0.25) is 14.2 Å². The predicted molar refractivity (Wildman–Crippen MR) is 116 cm³/mol. The van der Waals surface area contributed by atoms with Crippen LogP contribution in [0, 0.1) is 0 Å². The van der Waals surface area contributed by atoms with Gasteiger partial charge in [0.05, 0.1) is 0 Å². The van der Waals surface area contributed by atoms with Crippen molar-refractivity contribution in [1.29, 1.82) is 0 Å². The van der Waals surface area contributed by atoms with Gasteiger partial charge in [0, 0.05) is 36.6 Å². The number of benzene rings is 2. The molecular formula is C24H26N4O2. The van der Waals surface area contributed by atoms with Crippen LogP contribution in [-0.2, 0) is 4.79 Å². The lowest BCUT2D eigenvalue weighted by atomic mass is 10.1. The summed E-state index contributed by atoms with van der Waals surface area (Å²) in [5.41, 5.74) is 2.21. The molecule has 3 aromatic rings. The topological polar surface area (TPSA) is 58.4 Å². The Labute approximate surface area is 176 Å². The third-order valence-electron chi connectivity index (χ3n) is 5.61. The Morgan fingerprint density at radius 3 is 2.33 bits per heavy atom. The zero-order valence-corrected chi connectivity index (χ0v) is 17.4. The number of nitrogens with zero attached hydrogens (tertiary/aromatic N) is 4. The average Bonchev–Trinajstić information content (AvgIpc) is 3.24. The molecule has 6 nitrogen and oxygen atoms in total. The normalized spacial score (nSPS) is 16.7. The molecule has 6 heteroatoms. The van der Waals surface area contributed by atoms with Gasteiger partial charge in [-0.25, -0.2) is 4.98 Å². The molecule has 0 unspecified atom stereocenters. The zero-order valence-electron chi connectivity index (χ0n) is 17.4. The van der Waals surface area contributed by atoms with Gasteiger partial charge >= 0.3 is 0 Å². The molecule has 30 heavy (non-hydrogen) atoms. The number of piperazine rings is 1. The molecule has 1 aromatic heterocycles. The molecule has 0 radical (unpaired) electrons. The highest BCUT2D eigenvalue weighted by Crippen LogP contribution is 2.24. The average molecular weight is 402 g/mol. The van der Waals surface area contributed by atoms with Crippen LogP contribution < -0.4 is 0 Å². The van der Waals surface area contributed by atoms with Crippen LogP contribution in [-0.4, -0.2) is 56.8 Å². The zero-order chi connectivity index (χ0) is 21.1. The Bertz CT molecular complexity index is 973. The minimum absolute atomic E-state index is 0.00488. The number of carbonyl (C=O) groups excluding carboxylic acids is 2. The van der Waals surface area contributed by atoms with Crippen molar-refractivity contribution >= 4 is 11.8 Å². The summed E-state index contributed by atoms with van der Waals surface area (Å²) in [5.74, 6) is 0.495. The maximum atomic E-state index is 13.3. The van der Waals surface area contributed by atoms with Gasteiger partial charge in [0.15, 0.2) is 0 Å². The summed E-state index contributed by atoms with van der Waals surface area (Å²) in [6, 6.07) is 19.7. The number of para-hydroxylation sites is 1. The Kier molecular flexibility index (Phi) is 5.65. The molecule has 1 fully saturated rings. The first-order valence-electron chi connectivity index (χ1n) is 10.4. The van der Waals surface area contributed by atoms with Gasteiger partial charge in [-0.1, -0.05) is 55.5 Å². The van der Waals surface area contributed by atoms with E-state index in [2.05, 4.69) is 0 Å². The lowest BCUT2D eigenvalue weighted by Gasteiger charge is -2.40. The van der Waals surface area contributed by atoms with Crippen LogP contribution in [0.3, 0.4) is 0 Å². The third kappa shape index (κ3) is 3.73. The van der Waals surface area contributed by atoms with Gasteiger partial charge in [0.25, 0.3) is 5.91 Å². The summed E-state index contributed by atoms with van der Waals surface area (Å²) < 4.78 is 1.93. The highest BCUT2D eigenvalue weighted by atomic mass is 16.2. The van der Waals surface area contributed by atoms with Gasteiger partial charge in [-0.2, -0.15) is 0 Å². The Morgan fingerprint density at radius 2 is 1.70 bits per heavy atom. The largest absolute Gasteiger partial charge is 0.337 e. The van der Waals surface area contributed by atoms with Crippen LogP contribution in [0.4, 0.5) is 0 Å². The van der Waals surface area contributed by atoms with Crippen LogP contribution >= 0.6 is 0 Å². The van der Waals surface area contributed by atoms with E-state index in [0.29, 0.717) is 24.6 Å². The molecule has 2 heterocycles. The monoisotopic (exact) mass is 402 g/mol. The van der Waals surface area contributed by atoms with Crippen molar-refractivity contribution in [3.63, 3.8) is 0 Å². The van der Waals surface area contributed by atoms with Crippen LogP contribution in [0.5, 0.6) is 0 Å². The van der Waals surface area contributed by atoms with E-state index in [1.165, 1.54) is 0 Å². The van der Waals surface area contributed by atoms with Crippen molar-refractivity contribution in [2.24, 2.45) is 0 Å². The second-order valence-corrected chi connectivity index (χ2v) is 7.45. The Hall–Kier alpha value is -3.41. The van der Waals surface area contributed by atoms with E-state index in [-0.39, 0.29) is 24.4 Å². The van der Waals surface area contributed by atoms with E-state index in [1.807, 2.05) is 84.0 Å². The summed E-state index contributed by atoms with van der Waals surface area (Å²) in [7, 11) is 0.